The number of benzene rings is 2. The number of aliphatic hydroxyl groups excluding tert-OH is 1. The molecular formula is C24H19F4NO5S. The standard InChI is InChI=1S/C24H19F4NO5S/c25-14-6-7-15(18(10-14)35(32,33)12-23(26,27)28)20-19(13-4-2-1-3-5-13)22-24(31,21(20)30)16-8-9-29-11-17(16)34-22/h1-11,19-22,30-31H,12H2. The van der Waals surface area contributed by atoms with Crippen molar-refractivity contribution in [2.75, 3.05) is 5.75 Å². The molecule has 3 aromatic rings. The Hall–Kier alpha value is -3.02. The molecule has 0 radical (unpaired) electrons. The highest BCUT2D eigenvalue weighted by Gasteiger charge is 2.66. The summed E-state index contributed by atoms with van der Waals surface area (Å²) in [6.07, 6.45) is -5.14. The quantitative estimate of drug-likeness (QED) is 0.523. The van der Waals surface area contributed by atoms with E-state index in [2.05, 4.69) is 4.98 Å². The van der Waals surface area contributed by atoms with E-state index in [-0.39, 0.29) is 16.9 Å². The van der Waals surface area contributed by atoms with E-state index in [0.717, 1.165) is 12.1 Å². The molecule has 5 unspecified atom stereocenters. The van der Waals surface area contributed by atoms with Crippen LogP contribution < -0.4 is 4.74 Å². The predicted octanol–water partition coefficient (Wildman–Crippen LogP) is 3.45. The first-order valence-electron chi connectivity index (χ1n) is 10.6. The van der Waals surface area contributed by atoms with E-state index in [1.54, 1.807) is 30.3 Å². The largest absolute Gasteiger partial charge is 0.484 e. The summed E-state index contributed by atoms with van der Waals surface area (Å²) < 4.78 is 84.9. The molecule has 2 N–H and O–H groups in total. The molecule has 6 nitrogen and oxygen atoms in total. The van der Waals surface area contributed by atoms with Gasteiger partial charge in [-0.15, -0.1) is 0 Å². The maximum absolute atomic E-state index is 14.1. The maximum Gasteiger partial charge on any atom is 0.403 e. The van der Waals surface area contributed by atoms with Crippen LogP contribution in [0.2, 0.25) is 0 Å². The third kappa shape index (κ3) is 3.78. The van der Waals surface area contributed by atoms with E-state index >= 15 is 0 Å². The number of pyridine rings is 1. The van der Waals surface area contributed by atoms with Crippen molar-refractivity contribution in [2.45, 2.75) is 40.7 Å². The highest BCUT2D eigenvalue weighted by Crippen LogP contribution is 2.61. The van der Waals surface area contributed by atoms with E-state index < -0.39 is 62.1 Å². The van der Waals surface area contributed by atoms with Gasteiger partial charge in [0.25, 0.3) is 0 Å². The number of halogens is 4. The predicted molar refractivity (Wildman–Crippen MR) is 115 cm³/mol. The van der Waals surface area contributed by atoms with Crippen molar-refractivity contribution in [1.29, 1.82) is 0 Å². The van der Waals surface area contributed by atoms with Gasteiger partial charge in [-0.3, -0.25) is 4.98 Å². The molecule has 1 fully saturated rings. The number of aliphatic hydroxyl groups is 2. The summed E-state index contributed by atoms with van der Waals surface area (Å²) >= 11 is 0. The summed E-state index contributed by atoms with van der Waals surface area (Å²) in [6.45, 7) is 0. The monoisotopic (exact) mass is 509 g/mol. The minimum atomic E-state index is -5.07. The Morgan fingerprint density at radius 3 is 2.46 bits per heavy atom. The molecule has 2 aliphatic rings. The van der Waals surface area contributed by atoms with Crippen LogP contribution >= 0.6 is 0 Å². The highest BCUT2D eigenvalue weighted by atomic mass is 32.2. The molecule has 5 atom stereocenters. The van der Waals surface area contributed by atoms with Gasteiger partial charge < -0.3 is 14.9 Å². The first-order chi connectivity index (χ1) is 16.4. The SMILES string of the molecule is O=S(=O)(CC(F)(F)F)c1cc(F)ccc1C1C(c2ccccc2)C2Oc3cnccc3C2(O)C1O. The topological polar surface area (TPSA) is 96.7 Å². The average Bonchev–Trinajstić information content (AvgIpc) is 3.20. The van der Waals surface area contributed by atoms with Gasteiger partial charge in [-0.2, -0.15) is 13.2 Å². The van der Waals surface area contributed by atoms with Crippen LogP contribution in [0.25, 0.3) is 0 Å². The summed E-state index contributed by atoms with van der Waals surface area (Å²) in [4.78, 5) is 3.07. The zero-order chi connectivity index (χ0) is 25.2. The number of hydrogen-bond donors (Lipinski definition) is 2. The van der Waals surface area contributed by atoms with Crippen LogP contribution in [0, 0.1) is 5.82 Å². The number of hydrogen-bond acceptors (Lipinski definition) is 6. The molecule has 1 aliphatic carbocycles. The maximum atomic E-state index is 14.1. The zero-order valence-corrected chi connectivity index (χ0v) is 18.7. The molecular weight excluding hydrogens is 490 g/mol. The number of sulfone groups is 1. The van der Waals surface area contributed by atoms with Crippen LogP contribution in [0.15, 0.2) is 71.9 Å². The van der Waals surface area contributed by atoms with Gasteiger partial charge in [-0.25, -0.2) is 12.8 Å². The van der Waals surface area contributed by atoms with Crippen LogP contribution in [0.3, 0.4) is 0 Å². The van der Waals surface area contributed by atoms with Crippen LogP contribution in [-0.2, 0) is 15.4 Å². The second-order valence-corrected chi connectivity index (χ2v) is 10.7. The molecule has 11 heteroatoms. The van der Waals surface area contributed by atoms with Crippen molar-refractivity contribution in [3.05, 3.63) is 89.5 Å². The Labute approximate surface area is 197 Å². The van der Waals surface area contributed by atoms with E-state index in [1.807, 2.05) is 0 Å². The van der Waals surface area contributed by atoms with Crippen molar-refractivity contribution in [3.8, 4) is 5.75 Å². The molecule has 2 heterocycles. The first kappa shape index (κ1) is 23.7. The van der Waals surface area contributed by atoms with Crippen molar-refractivity contribution < 1.29 is 40.9 Å². The van der Waals surface area contributed by atoms with E-state index in [0.29, 0.717) is 11.6 Å². The molecule has 1 aliphatic heterocycles. The van der Waals surface area contributed by atoms with Gasteiger partial charge in [-0.05, 0) is 29.3 Å². The summed E-state index contributed by atoms with van der Waals surface area (Å²) in [5, 5.41) is 23.2. The minimum absolute atomic E-state index is 0.218. The van der Waals surface area contributed by atoms with Crippen LogP contribution in [0.1, 0.15) is 28.5 Å². The Kier molecular flexibility index (Phi) is 5.42. The Balaban J connectivity index is 1.73. The van der Waals surface area contributed by atoms with Gasteiger partial charge in [0.15, 0.2) is 21.2 Å². The fraction of sp³-hybridized carbons (Fsp3) is 0.292. The van der Waals surface area contributed by atoms with Gasteiger partial charge >= 0.3 is 6.18 Å². The van der Waals surface area contributed by atoms with Crippen LogP contribution in [0.5, 0.6) is 5.75 Å². The molecule has 184 valence electrons. The lowest BCUT2D eigenvalue weighted by atomic mass is 9.82. The van der Waals surface area contributed by atoms with Crippen molar-refractivity contribution >= 4 is 9.84 Å². The Morgan fingerprint density at radius 2 is 1.77 bits per heavy atom. The van der Waals surface area contributed by atoms with Crippen LogP contribution in [0.4, 0.5) is 17.6 Å². The fourth-order valence-corrected chi connectivity index (χ4v) is 6.73. The molecule has 2 aromatic carbocycles. The summed E-state index contributed by atoms with van der Waals surface area (Å²) in [6, 6.07) is 12.4. The number of alkyl halides is 3. The zero-order valence-electron chi connectivity index (χ0n) is 17.9. The number of rotatable bonds is 4. The van der Waals surface area contributed by atoms with Gasteiger partial charge in [0.2, 0.25) is 0 Å². The smallest absolute Gasteiger partial charge is 0.403 e. The van der Waals surface area contributed by atoms with Crippen molar-refractivity contribution in [2.24, 2.45) is 0 Å². The van der Waals surface area contributed by atoms with E-state index in [9.17, 15) is 36.2 Å². The number of nitrogens with zero attached hydrogens (tertiary/aromatic N) is 1. The molecule has 1 saturated carbocycles. The fourth-order valence-electron chi connectivity index (χ4n) is 5.28. The second-order valence-electron chi connectivity index (χ2n) is 8.70. The van der Waals surface area contributed by atoms with Gasteiger partial charge in [0, 0.05) is 23.6 Å². The van der Waals surface area contributed by atoms with Gasteiger partial charge in [0.1, 0.15) is 17.7 Å². The van der Waals surface area contributed by atoms with Crippen molar-refractivity contribution in [3.63, 3.8) is 0 Å². The summed E-state index contributed by atoms with van der Waals surface area (Å²) in [7, 11) is -5.05. The minimum Gasteiger partial charge on any atom is -0.484 e. The summed E-state index contributed by atoms with van der Waals surface area (Å²) in [5.41, 5.74) is -1.50. The van der Waals surface area contributed by atoms with Crippen LogP contribution in [-0.4, -0.2) is 47.8 Å². The van der Waals surface area contributed by atoms with Gasteiger partial charge in [0.05, 0.1) is 17.2 Å². The third-order valence-electron chi connectivity index (χ3n) is 6.62. The molecule has 1 aromatic heterocycles. The molecule has 5 rings (SSSR count). The lowest BCUT2D eigenvalue weighted by molar-refractivity contribution is -0.106. The third-order valence-corrected chi connectivity index (χ3v) is 8.35. The molecule has 0 bridgehead atoms. The number of fused-ring (bicyclic) bond motifs is 3. The van der Waals surface area contributed by atoms with Gasteiger partial charge in [-0.1, -0.05) is 36.4 Å². The molecule has 35 heavy (non-hydrogen) atoms. The lowest BCUT2D eigenvalue weighted by Gasteiger charge is -2.28. The average molecular weight is 509 g/mol. The normalized spacial score (nSPS) is 27.8. The Morgan fingerprint density at radius 1 is 1.06 bits per heavy atom. The number of aromatic nitrogens is 1. The molecule has 0 amide bonds. The summed E-state index contributed by atoms with van der Waals surface area (Å²) in [5.74, 6) is -5.16. The first-order valence-corrected chi connectivity index (χ1v) is 12.2. The Bertz CT molecular complexity index is 1380. The lowest BCUT2D eigenvalue weighted by Crippen LogP contribution is -2.43. The second kappa shape index (κ2) is 8.00. The van der Waals surface area contributed by atoms with E-state index in [4.69, 9.17) is 4.74 Å². The van der Waals surface area contributed by atoms with E-state index in [1.165, 1.54) is 18.5 Å². The molecule has 0 spiro atoms. The number of ether oxygens (including phenoxy) is 1. The highest BCUT2D eigenvalue weighted by molar-refractivity contribution is 7.91. The molecule has 0 saturated heterocycles. The van der Waals surface area contributed by atoms with Crippen molar-refractivity contribution in [1.82, 2.24) is 4.98 Å².